The van der Waals surface area contributed by atoms with Gasteiger partial charge in [-0.15, -0.1) is 0 Å². The largest absolute Gasteiger partial charge is 0.321 e. The van der Waals surface area contributed by atoms with Crippen LogP contribution in [0.3, 0.4) is 0 Å². The first-order chi connectivity index (χ1) is 11.6. The van der Waals surface area contributed by atoms with Gasteiger partial charge in [0, 0.05) is 23.6 Å². The summed E-state index contributed by atoms with van der Waals surface area (Å²) in [5.74, 6) is -0.233. The van der Waals surface area contributed by atoms with E-state index >= 15 is 0 Å². The van der Waals surface area contributed by atoms with Gasteiger partial charge in [-0.1, -0.05) is 6.07 Å². The van der Waals surface area contributed by atoms with Gasteiger partial charge in [0.1, 0.15) is 6.33 Å². The molecular formula is C18H19N5O. The Labute approximate surface area is 139 Å². The number of hydrogen-bond acceptors (Lipinski definition) is 4. The van der Waals surface area contributed by atoms with Crippen molar-refractivity contribution in [3.63, 3.8) is 0 Å². The summed E-state index contributed by atoms with van der Waals surface area (Å²) >= 11 is 0. The number of aromatic nitrogens is 3. The first-order valence-electron chi connectivity index (χ1n) is 8.07. The second-order valence-corrected chi connectivity index (χ2v) is 6.19. The predicted octanol–water partition coefficient (Wildman–Crippen LogP) is 2.24. The number of carbonyl (C=O) groups is 1. The van der Waals surface area contributed by atoms with Crippen molar-refractivity contribution in [2.45, 2.75) is 26.8 Å². The van der Waals surface area contributed by atoms with E-state index < -0.39 is 0 Å². The van der Waals surface area contributed by atoms with E-state index in [4.69, 9.17) is 0 Å². The molecule has 0 saturated carbocycles. The molecule has 6 heteroatoms. The molecule has 0 unspecified atom stereocenters. The maximum atomic E-state index is 12.6. The maximum Gasteiger partial charge on any atom is 0.278 e. The Balaban J connectivity index is 1.65. The van der Waals surface area contributed by atoms with E-state index in [-0.39, 0.29) is 5.91 Å². The maximum absolute atomic E-state index is 12.6. The molecule has 6 nitrogen and oxygen atoms in total. The third-order valence-corrected chi connectivity index (χ3v) is 4.39. The smallest absolute Gasteiger partial charge is 0.278 e. The molecule has 4 rings (SSSR count). The van der Waals surface area contributed by atoms with Crippen LogP contribution in [-0.2, 0) is 13.0 Å². The molecule has 1 aliphatic heterocycles. The van der Waals surface area contributed by atoms with Crippen molar-refractivity contribution in [3.8, 4) is 0 Å². The monoisotopic (exact) mass is 321 g/mol. The number of aryl methyl sites for hydroxylation is 2. The van der Waals surface area contributed by atoms with Gasteiger partial charge >= 0.3 is 0 Å². The van der Waals surface area contributed by atoms with Crippen LogP contribution >= 0.6 is 0 Å². The fourth-order valence-corrected chi connectivity index (χ4v) is 3.18. The molecule has 0 spiro atoms. The van der Waals surface area contributed by atoms with Gasteiger partial charge in [-0.25, -0.2) is 9.97 Å². The van der Waals surface area contributed by atoms with Crippen LogP contribution in [0.25, 0.3) is 5.65 Å². The first-order valence-corrected chi connectivity index (χ1v) is 8.07. The molecule has 0 aliphatic carbocycles. The highest BCUT2D eigenvalue weighted by Crippen LogP contribution is 2.20. The lowest BCUT2D eigenvalue weighted by molar-refractivity contribution is 0.102. The van der Waals surface area contributed by atoms with Gasteiger partial charge in [0.05, 0.1) is 0 Å². The van der Waals surface area contributed by atoms with E-state index in [2.05, 4.69) is 32.7 Å². The quantitative estimate of drug-likeness (QED) is 0.759. The minimum absolute atomic E-state index is 0.233. The molecule has 0 bridgehead atoms. The van der Waals surface area contributed by atoms with Crippen LogP contribution in [0.5, 0.6) is 0 Å². The zero-order chi connectivity index (χ0) is 16.7. The molecule has 3 aromatic rings. The van der Waals surface area contributed by atoms with Crippen molar-refractivity contribution in [2.75, 3.05) is 11.9 Å². The Hall–Kier alpha value is -2.73. The molecule has 0 radical (unpaired) electrons. The van der Waals surface area contributed by atoms with Gasteiger partial charge in [-0.05, 0) is 56.1 Å². The van der Waals surface area contributed by atoms with E-state index in [0.717, 1.165) is 36.6 Å². The molecule has 0 atom stereocenters. The summed E-state index contributed by atoms with van der Waals surface area (Å²) in [4.78, 5) is 21.4. The highest BCUT2D eigenvalue weighted by atomic mass is 16.1. The molecule has 3 heterocycles. The van der Waals surface area contributed by atoms with Gasteiger partial charge in [0.25, 0.3) is 5.91 Å². The number of fused-ring (bicyclic) bond motifs is 2. The predicted molar refractivity (Wildman–Crippen MR) is 92.3 cm³/mol. The molecule has 1 amide bonds. The molecule has 122 valence electrons. The molecule has 0 fully saturated rings. The molecule has 24 heavy (non-hydrogen) atoms. The Morgan fingerprint density at radius 2 is 2.12 bits per heavy atom. The standard InChI is InChI=1S/C18H19N5O/c1-11-7-12(2)23-10-20-16(17(23)21-11)18(24)22-15-4-3-14-9-19-6-5-13(14)8-15/h3-4,7-8,10,19H,5-6,9H2,1-2H3,(H,22,24). The van der Waals surface area contributed by atoms with Crippen LogP contribution in [0.1, 0.15) is 33.0 Å². The van der Waals surface area contributed by atoms with Crippen molar-refractivity contribution < 1.29 is 4.79 Å². The highest BCUT2D eigenvalue weighted by molar-refractivity contribution is 6.06. The van der Waals surface area contributed by atoms with Crippen LogP contribution in [0.15, 0.2) is 30.6 Å². The van der Waals surface area contributed by atoms with Crippen LogP contribution < -0.4 is 10.6 Å². The molecule has 1 aromatic carbocycles. The van der Waals surface area contributed by atoms with Crippen LogP contribution in [0, 0.1) is 13.8 Å². The van der Waals surface area contributed by atoms with Gasteiger partial charge in [-0.3, -0.25) is 9.20 Å². The second-order valence-electron chi connectivity index (χ2n) is 6.19. The van der Waals surface area contributed by atoms with Crippen LogP contribution in [-0.4, -0.2) is 26.8 Å². The van der Waals surface area contributed by atoms with Crippen molar-refractivity contribution in [2.24, 2.45) is 0 Å². The number of nitrogens with one attached hydrogen (secondary N) is 2. The zero-order valence-electron chi connectivity index (χ0n) is 13.8. The van der Waals surface area contributed by atoms with Gasteiger partial charge in [0.2, 0.25) is 0 Å². The Morgan fingerprint density at radius 3 is 3.00 bits per heavy atom. The highest BCUT2D eigenvalue weighted by Gasteiger charge is 2.17. The second kappa shape index (κ2) is 5.72. The van der Waals surface area contributed by atoms with E-state index in [9.17, 15) is 4.79 Å². The average Bonchev–Trinajstić information content (AvgIpc) is 2.99. The summed E-state index contributed by atoms with van der Waals surface area (Å²) < 4.78 is 1.83. The normalized spacial score (nSPS) is 13.8. The minimum atomic E-state index is -0.233. The van der Waals surface area contributed by atoms with Gasteiger partial charge in [0.15, 0.2) is 11.3 Å². The summed E-state index contributed by atoms with van der Waals surface area (Å²) in [6.45, 7) is 5.75. The number of anilines is 1. The number of carbonyl (C=O) groups excluding carboxylic acids is 1. The van der Waals surface area contributed by atoms with E-state index in [0.29, 0.717) is 11.3 Å². The minimum Gasteiger partial charge on any atom is -0.321 e. The number of benzene rings is 1. The molecular weight excluding hydrogens is 302 g/mol. The lowest BCUT2D eigenvalue weighted by Crippen LogP contribution is -2.23. The number of imidazole rings is 1. The Morgan fingerprint density at radius 1 is 1.25 bits per heavy atom. The van der Waals surface area contributed by atoms with E-state index in [1.807, 2.05) is 30.4 Å². The zero-order valence-corrected chi connectivity index (χ0v) is 13.8. The molecule has 0 saturated heterocycles. The van der Waals surface area contributed by atoms with Crippen LogP contribution in [0.4, 0.5) is 5.69 Å². The summed E-state index contributed by atoms with van der Waals surface area (Å²) in [5, 5.41) is 6.30. The molecule has 2 aromatic heterocycles. The average molecular weight is 321 g/mol. The molecule has 1 aliphatic rings. The summed E-state index contributed by atoms with van der Waals surface area (Å²) in [7, 11) is 0. The summed E-state index contributed by atoms with van der Waals surface area (Å²) in [6, 6.07) is 8.02. The van der Waals surface area contributed by atoms with Crippen molar-refractivity contribution >= 4 is 17.2 Å². The van der Waals surface area contributed by atoms with Crippen molar-refractivity contribution in [1.82, 2.24) is 19.7 Å². The van der Waals surface area contributed by atoms with Crippen molar-refractivity contribution in [3.05, 3.63) is 58.8 Å². The Kier molecular flexibility index (Phi) is 3.54. The van der Waals surface area contributed by atoms with E-state index in [1.165, 1.54) is 11.1 Å². The first kappa shape index (κ1) is 14.8. The van der Waals surface area contributed by atoms with Crippen LogP contribution in [0.2, 0.25) is 0 Å². The lowest BCUT2D eigenvalue weighted by Gasteiger charge is -2.17. The number of hydrogen-bond donors (Lipinski definition) is 2. The summed E-state index contributed by atoms with van der Waals surface area (Å²) in [5.41, 5.74) is 6.19. The molecule has 2 N–H and O–H groups in total. The number of amides is 1. The van der Waals surface area contributed by atoms with Gasteiger partial charge < -0.3 is 10.6 Å². The number of rotatable bonds is 2. The summed E-state index contributed by atoms with van der Waals surface area (Å²) in [6.07, 6.45) is 2.62. The SMILES string of the molecule is Cc1cc(C)n2cnc(C(=O)Nc3ccc4c(c3)CCNC4)c2n1. The number of nitrogens with zero attached hydrogens (tertiary/aromatic N) is 3. The lowest BCUT2D eigenvalue weighted by atomic mass is 10.0. The Bertz CT molecular complexity index is 944. The fourth-order valence-electron chi connectivity index (χ4n) is 3.18. The van der Waals surface area contributed by atoms with Crippen molar-refractivity contribution in [1.29, 1.82) is 0 Å². The third kappa shape index (κ3) is 2.55. The van der Waals surface area contributed by atoms with Gasteiger partial charge in [-0.2, -0.15) is 0 Å². The fraction of sp³-hybridized carbons (Fsp3) is 0.278. The van der Waals surface area contributed by atoms with E-state index in [1.54, 1.807) is 6.33 Å². The topological polar surface area (TPSA) is 71.3 Å². The third-order valence-electron chi connectivity index (χ3n) is 4.39.